The topological polar surface area (TPSA) is 65.8 Å². The third-order valence-corrected chi connectivity index (χ3v) is 3.64. The zero-order valence-corrected chi connectivity index (χ0v) is 14.4. The van der Waals surface area contributed by atoms with Crippen LogP contribution in [-0.2, 0) is 4.79 Å². The lowest BCUT2D eigenvalue weighted by atomic mass is 10.00. The number of amides is 1. The first kappa shape index (κ1) is 17.1. The summed E-state index contributed by atoms with van der Waals surface area (Å²) in [7, 11) is 0. The van der Waals surface area contributed by atoms with Gasteiger partial charge in [-0.1, -0.05) is 33.3 Å². The molecule has 2 N–H and O–H groups in total. The number of aromatic nitrogens is 1. The maximum Gasteiger partial charge on any atom is 0.224 e. The van der Waals surface area contributed by atoms with E-state index < -0.39 is 0 Å². The molecule has 4 nitrogen and oxygen atoms in total. The molecule has 23 heavy (non-hydrogen) atoms. The van der Waals surface area contributed by atoms with Crippen molar-refractivity contribution in [3.63, 3.8) is 0 Å². The number of aryl methyl sites for hydroxylation is 1. The molecule has 0 aliphatic rings. The minimum atomic E-state index is 0.0194. The molecule has 1 aromatic carbocycles. The second-order valence-corrected chi connectivity index (χ2v) is 6.42. The molecule has 1 aromatic heterocycles. The second kappa shape index (κ2) is 7.36. The van der Waals surface area contributed by atoms with Gasteiger partial charge in [0.2, 0.25) is 5.91 Å². The van der Waals surface area contributed by atoms with E-state index in [1.807, 2.05) is 45.0 Å². The van der Waals surface area contributed by atoms with Crippen LogP contribution in [0.5, 0.6) is 0 Å². The number of rotatable bonds is 6. The van der Waals surface area contributed by atoms with Gasteiger partial charge in [-0.05, 0) is 37.5 Å². The molecule has 0 spiro atoms. The van der Waals surface area contributed by atoms with Gasteiger partial charge in [0.25, 0.3) is 0 Å². The number of hydrogen-bond acceptors (Lipinski definition) is 3. The SMILES string of the molecule is CCCC(=N)c1cc(C)nc2cc(NC(=O)CC(C)C)ccc12. The smallest absolute Gasteiger partial charge is 0.224 e. The Labute approximate surface area is 137 Å². The molecule has 0 aliphatic carbocycles. The molecule has 0 radical (unpaired) electrons. The normalized spacial score (nSPS) is 11.0. The number of nitrogens with zero attached hydrogens (tertiary/aromatic N) is 1. The van der Waals surface area contributed by atoms with Crippen LogP contribution < -0.4 is 5.32 Å². The van der Waals surface area contributed by atoms with Gasteiger partial charge < -0.3 is 10.7 Å². The van der Waals surface area contributed by atoms with Crippen LogP contribution in [-0.4, -0.2) is 16.6 Å². The van der Waals surface area contributed by atoms with Crippen molar-refractivity contribution in [3.05, 3.63) is 35.5 Å². The Hall–Kier alpha value is -2.23. The third-order valence-electron chi connectivity index (χ3n) is 3.64. The largest absolute Gasteiger partial charge is 0.326 e. The molecule has 4 heteroatoms. The minimum Gasteiger partial charge on any atom is -0.326 e. The van der Waals surface area contributed by atoms with Gasteiger partial charge in [0.15, 0.2) is 0 Å². The fourth-order valence-electron chi connectivity index (χ4n) is 2.66. The minimum absolute atomic E-state index is 0.0194. The van der Waals surface area contributed by atoms with Crippen LogP contribution >= 0.6 is 0 Å². The van der Waals surface area contributed by atoms with E-state index in [-0.39, 0.29) is 5.91 Å². The molecule has 122 valence electrons. The summed E-state index contributed by atoms with van der Waals surface area (Å²) in [5, 5.41) is 12.1. The van der Waals surface area contributed by atoms with Crippen LogP contribution in [0.25, 0.3) is 10.9 Å². The van der Waals surface area contributed by atoms with E-state index in [9.17, 15) is 4.79 Å². The first-order chi connectivity index (χ1) is 10.9. The van der Waals surface area contributed by atoms with E-state index in [0.717, 1.165) is 40.7 Å². The summed E-state index contributed by atoms with van der Waals surface area (Å²) >= 11 is 0. The summed E-state index contributed by atoms with van der Waals surface area (Å²) in [6.07, 6.45) is 2.21. The van der Waals surface area contributed by atoms with Crippen molar-refractivity contribution in [2.24, 2.45) is 5.92 Å². The number of nitrogens with one attached hydrogen (secondary N) is 2. The number of anilines is 1. The maximum absolute atomic E-state index is 11.9. The van der Waals surface area contributed by atoms with Gasteiger partial charge in [0.05, 0.1) is 5.52 Å². The maximum atomic E-state index is 11.9. The number of hydrogen-bond donors (Lipinski definition) is 2. The highest BCUT2D eigenvalue weighted by molar-refractivity contribution is 6.09. The van der Waals surface area contributed by atoms with Crippen molar-refractivity contribution in [2.45, 2.75) is 47.0 Å². The van der Waals surface area contributed by atoms with Crippen LogP contribution in [0.2, 0.25) is 0 Å². The highest BCUT2D eigenvalue weighted by Crippen LogP contribution is 2.24. The first-order valence-electron chi connectivity index (χ1n) is 8.19. The number of fused-ring (bicyclic) bond motifs is 1. The fraction of sp³-hybridized carbons (Fsp3) is 0.421. The lowest BCUT2D eigenvalue weighted by molar-refractivity contribution is -0.116. The third kappa shape index (κ3) is 4.38. The average molecular weight is 311 g/mol. The summed E-state index contributed by atoms with van der Waals surface area (Å²) in [4.78, 5) is 16.5. The summed E-state index contributed by atoms with van der Waals surface area (Å²) < 4.78 is 0. The monoisotopic (exact) mass is 311 g/mol. The summed E-state index contributed by atoms with van der Waals surface area (Å²) in [5.74, 6) is 0.350. The molecular weight excluding hydrogens is 286 g/mol. The van der Waals surface area contributed by atoms with Crippen LogP contribution in [0, 0.1) is 18.3 Å². The summed E-state index contributed by atoms with van der Waals surface area (Å²) in [5.41, 5.74) is 4.05. The van der Waals surface area contributed by atoms with Gasteiger partial charge in [0, 0.05) is 34.5 Å². The first-order valence-corrected chi connectivity index (χ1v) is 8.19. The Morgan fingerprint density at radius 2 is 2.04 bits per heavy atom. The van der Waals surface area contributed by atoms with Crippen LogP contribution in [0.3, 0.4) is 0 Å². The van der Waals surface area contributed by atoms with Crippen molar-refractivity contribution in [1.29, 1.82) is 5.41 Å². The Morgan fingerprint density at radius 1 is 1.30 bits per heavy atom. The fourth-order valence-corrected chi connectivity index (χ4v) is 2.66. The average Bonchev–Trinajstić information content (AvgIpc) is 2.45. The number of pyridine rings is 1. The molecule has 1 amide bonds. The van der Waals surface area contributed by atoms with Gasteiger partial charge >= 0.3 is 0 Å². The molecule has 0 saturated heterocycles. The van der Waals surface area contributed by atoms with Crippen LogP contribution in [0.15, 0.2) is 24.3 Å². The Kier molecular flexibility index (Phi) is 5.48. The second-order valence-electron chi connectivity index (χ2n) is 6.42. The quantitative estimate of drug-likeness (QED) is 0.760. The molecule has 2 rings (SSSR count). The molecule has 0 bridgehead atoms. The Balaban J connectivity index is 2.36. The number of carbonyl (C=O) groups is 1. The molecule has 0 aliphatic heterocycles. The molecular formula is C19H25N3O. The molecule has 0 unspecified atom stereocenters. The molecule has 2 aromatic rings. The summed E-state index contributed by atoms with van der Waals surface area (Å²) in [6, 6.07) is 7.70. The van der Waals surface area contributed by atoms with Crippen molar-refractivity contribution in [3.8, 4) is 0 Å². The Morgan fingerprint density at radius 3 is 2.70 bits per heavy atom. The van der Waals surface area contributed by atoms with E-state index in [4.69, 9.17) is 5.41 Å². The van der Waals surface area contributed by atoms with Crippen molar-refractivity contribution in [1.82, 2.24) is 4.98 Å². The number of benzene rings is 1. The predicted octanol–water partition coefficient (Wildman–Crippen LogP) is 4.70. The highest BCUT2D eigenvalue weighted by Gasteiger charge is 2.11. The standard InChI is InChI=1S/C19H25N3O/c1-5-6-17(20)16-10-13(4)21-18-11-14(7-8-15(16)18)22-19(23)9-12(2)3/h7-8,10-12,20H,5-6,9H2,1-4H3,(H,22,23). The number of carbonyl (C=O) groups excluding carboxylic acids is 1. The van der Waals surface area contributed by atoms with Crippen molar-refractivity contribution >= 4 is 28.2 Å². The van der Waals surface area contributed by atoms with E-state index in [1.54, 1.807) is 0 Å². The molecule has 0 fully saturated rings. The van der Waals surface area contributed by atoms with Crippen molar-refractivity contribution < 1.29 is 4.79 Å². The Bertz CT molecular complexity index is 735. The van der Waals surface area contributed by atoms with E-state index >= 15 is 0 Å². The van der Waals surface area contributed by atoms with Crippen LogP contribution in [0.1, 0.15) is 51.3 Å². The summed E-state index contributed by atoms with van der Waals surface area (Å²) in [6.45, 7) is 8.06. The lowest BCUT2D eigenvalue weighted by Gasteiger charge is -2.11. The van der Waals surface area contributed by atoms with Gasteiger partial charge in [-0.3, -0.25) is 9.78 Å². The van der Waals surface area contributed by atoms with Gasteiger partial charge in [0.1, 0.15) is 0 Å². The van der Waals surface area contributed by atoms with Gasteiger partial charge in [-0.15, -0.1) is 0 Å². The van der Waals surface area contributed by atoms with Crippen molar-refractivity contribution in [2.75, 3.05) is 5.32 Å². The lowest BCUT2D eigenvalue weighted by Crippen LogP contribution is -2.13. The van der Waals surface area contributed by atoms with Gasteiger partial charge in [-0.25, -0.2) is 0 Å². The van der Waals surface area contributed by atoms with E-state index in [1.165, 1.54) is 0 Å². The zero-order chi connectivity index (χ0) is 17.0. The molecule has 1 heterocycles. The highest BCUT2D eigenvalue weighted by atomic mass is 16.1. The predicted molar refractivity (Wildman–Crippen MR) is 96.3 cm³/mol. The molecule has 0 saturated carbocycles. The van der Waals surface area contributed by atoms with E-state index in [2.05, 4.69) is 17.2 Å². The van der Waals surface area contributed by atoms with Crippen LogP contribution in [0.4, 0.5) is 5.69 Å². The van der Waals surface area contributed by atoms with E-state index in [0.29, 0.717) is 18.1 Å². The molecule has 0 atom stereocenters. The van der Waals surface area contributed by atoms with Gasteiger partial charge in [-0.2, -0.15) is 0 Å². The zero-order valence-electron chi connectivity index (χ0n) is 14.4.